The first kappa shape index (κ1) is 6.66. The summed E-state index contributed by atoms with van der Waals surface area (Å²) in [5.74, 6) is 1.92. The Hall–Kier alpha value is -0.0400. The Labute approximate surface area is 63.2 Å². The van der Waals surface area contributed by atoms with E-state index in [1.54, 1.807) is 0 Å². The van der Waals surface area contributed by atoms with Crippen LogP contribution in [0.1, 0.15) is 33.1 Å². The van der Waals surface area contributed by atoms with Crippen molar-refractivity contribution < 1.29 is 0 Å². The zero-order valence-electron chi connectivity index (χ0n) is 6.98. The average Bonchev–Trinajstić information content (AvgIpc) is 1.56. The lowest BCUT2D eigenvalue weighted by Gasteiger charge is -2.62. The van der Waals surface area contributed by atoms with Gasteiger partial charge < -0.3 is 5.32 Å². The van der Waals surface area contributed by atoms with E-state index in [0.717, 1.165) is 11.8 Å². The van der Waals surface area contributed by atoms with E-state index < -0.39 is 0 Å². The maximum atomic E-state index is 3.66. The van der Waals surface area contributed by atoms with Crippen LogP contribution in [0.15, 0.2) is 0 Å². The third-order valence-electron chi connectivity index (χ3n) is 2.92. The normalized spacial score (nSPS) is 42.9. The van der Waals surface area contributed by atoms with Crippen LogP contribution in [0.3, 0.4) is 0 Å². The van der Waals surface area contributed by atoms with Crippen LogP contribution in [0.4, 0.5) is 0 Å². The summed E-state index contributed by atoms with van der Waals surface area (Å²) in [6.45, 7) is 5.77. The maximum Gasteiger partial charge on any atom is 0.0189 e. The zero-order valence-corrected chi connectivity index (χ0v) is 6.98. The van der Waals surface area contributed by atoms with Crippen LogP contribution in [0.5, 0.6) is 0 Å². The minimum absolute atomic E-state index is 0.648. The molecule has 58 valence electrons. The van der Waals surface area contributed by atoms with E-state index >= 15 is 0 Å². The number of rotatable bonds is 3. The van der Waals surface area contributed by atoms with Gasteiger partial charge in [0.05, 0.1) is 0 Å². The van der Waals surface area contributed by atoms with Crippen molar-refractivity contribution in [2.45, 2.75) is 38.6 Å². The van der Waals surface area contributed by atoms with Gasteiger partial charge >= 0.3 is 0 Å². The second kappa shape index (κ2) is 1.97. The molecule has 0 aromatic carbocycles. The van der Waals surface area contributed by atoms with E-state index in [1.807, 2.05) is 0 Å². The molecule has 3 saturated carbocycles. The average molecular weight is 139 g/mol. The summed E-state index contributed by atoms with van der Waals surface area (Å²) in [6.07, 6.45) is 4.42. The van der Waals surface area contributed by atoms with Crippen molar-refractivity contribution in [2.75, 3.05) is 6.54 Å². The molecule has 3 aliphatic rings. The summed E-state index contributed by atoms with van der Waals surface area (Å²) in [6, 6.07) is 0. The molecule has 0 unspecified atom stereocenters. The summed E-state index contributed by atoms with van der Waals surface area (Å²) >= 11 is 0. The molecule has 1 heteroatoms. The Balaban J connectivity index is 1.71. The topological polar surface area (TPSA) is 12.0 Å². The highest BCUT2D eigenvalue weighted by molar-refractivity contribution is 5.13. The molecule has 0 aromatic rings. The smallest absolute Gasteiger partial charge is 0.0189 e. The summed E-state index contributed by atoms with van der Waals surface area (Å²) in [4.78, 5) is 0. The molecular formula is C9H17N. The number of hydrogen-bond donors (Lipinski definition) is 1. The second-order valence-corrected chi connectivity index (χ2v) is 4.53. The molecule has 0 radical (unpaired) electrons. The third-order valence-corrected chi connectivity index (χ3v) is 2.92. The van der Waals surface area contributed by atoms with Crippen LogP contribution in [0.25, 0.3) is 0 Å². The molecule has 0 aromatic heterocycles. The van der Waals surface area contributed by atoms with Crippen LogP contribution >= 0.6 is 0 Å². The van der Waals surface area contributed by atoms with Crippen molar-refractivity contribution in [1.29, 1.82) is 0 Å². The molecule has 3 aliphatic carbocycles. The van der Waals surface area contributed by atoms with E-state index in [0.29, 0.717) is 5.54 Å². The van der Waals surface area contributed by atoms with Crippen molar-refractivity contribution in [3.05, 3.63) is 0 Å². The molecule has 3 fully saturated rings. The van der Waals surface area contributed by atoms with E-state index in [2.05, 4.69) is 19.2 Å². The van der Waals surface area contributed by atoms with Gasteiger partial charge in [0.1, 0.15) is 0 Å². The lowest BCUT2D eigenvalue weighted by atomic mass is 9.50. The fourth-order valence-electron chi connectivity index (χ4n) is 2.12. The van der Waals surface area contributed by atoms with Gasteiger partial charge in [-0.3, -0.25) is 0 Å². The Morgan fingerprint density at radius 3 is 2.30 bits per heavy atom. The van der Waals surface area contributed by atoms with Crippen LogP contribution in [0, 0.1) is 11.8 Å². The monoisotopic (exact) mass is 139 g/mol. The molecule has 0 spiro atoms. The highest BCUT2D eigenvalue weighted by Crippen LogP contribution is 2.56. The maximum absolute atomic E-state index is 3.66. The van der Waals surface area contributed by atoms with E-state index in [4.69, 9.17) is 0 Å². The lowest BCUT2D eigenvalue weighted by Crippen LogP contribution is -2.67. The molecular weight excluding hydrogens is 122 g/mol. The highest BCUT2D eigenvalue weighted by Gasteiger charge is 2.55. The first-order valence-corrected chi connectivity index (χ1v) is 4.45. The minimum Gasteiger partial charge on any atom is -0.311 e. The van der Waals surface area contributed by atoms with Crippen molar-refractivity contribution >= 4 is 0 Å². The van der Waals surface area contributed by atoms with Gasteiger partial charge in [-0.2, -0.15) is 0 Å². The third kappa shape index (κ3) is 0.878. The van der Waals surface area contributed by atoms with Gasteiger partial charge in [0.25, 0.3) is 0 Å². The molecule has 2 bridgehead atoms. The second-order valence-electron chi connectivity index (χ2n) is 4.53. The van der Waals surface area contributed by atoms with Gasteiger partial charge in [-0.25, -0.2) is 0 Å². The molecule has 0 atom stereocenters. The Kier molecular flexibility index (Phi) is 1.31. The Bertz CT molecular complexity index is 123. The van der Waals surface area contributed by atoms with Crippen LogP contribution in [-0.2, 0) is 0 Å². The first-order valence-electron chi connectivity index (χ1n) is 4.45. The molecule has 3 rings (SSSR count). The van der Waals surface area contributed by atoms with Crippen molar-refractivity contribution in [3.8, 4) is 0 Å². The predicted octanol–water partition coefficient (Wildman–Crippen LogP) is 1.78. The first-order chi connectivity index (χ1) is 4.70. The summed E-state index contributed by atoms with van der Waals surface area (Å²) < 4.78 is 0. The fourth-order valence-corrected chi connectivity index (χ4v) is 2.12. The molecule has 1 nitrogen and oxygen atoms in total. The minimum atomic E-state index is 0.648. The van der Waals surface area contributed by atoms with Crippen LogP contribution in [-0.4, -0.2) is 12.1 Å². The Morgan fingerprint density at radius 2 is 2.00 bits per heavy atom. The number of nitrogens with one attached hydrogen (secondary N) is 1. The molecule has 0 heterocycles. The zero-order chi connectivity index (χ0) is 7.19. The largest absolute Gasteiger partial charge is 0.311 e. The van der Waals surface area contributed by atoms with Gasteiger partial charge in [0.2, 0.25) is 0 Å². The summed E-state index contributed by atoms with van der Waals surface area (Å²) in [5, 5.41) is 3.66. The van der Waals surface area contributed by atoms with Crippen molar-refractivity contribution in [3.63, 3.8) is 0 Å². The van der Waals surface area contributed by atoms with Gasteiger partial charge in [-0.15, -0.1) is 0 Å². The van der Waals surface area contributed by atoms with Crippen molar-refractivity contribution in [2.24, 2.45) is 11.8 Å². The van der Waals surface area contributed by atoms with Crippen LogP contribution in [0.2, 0.25) is 0 Å². The quantitative estimate of drug-likeness (QED) is 0.628. The lowest BCUT2D eigenvalue weighted by molar-refractivity contribution is -0.0520. The number of hydrogen-bond acceptors (Lipinski definition) is 1. The van der Waals surface area contributed by atoms with Crippen molar-refractivity contribution in [1.82, 2.24) is 5.32 Å². The van der Waals surface area contributed by atoms with E-state index in [1.165, 1.54) is 25.8 Å². The van der Waals surface area contributed by atoms with E-state index in [9.17, 15) is 0 Å². The fraction of sp³-hybridized carbons (Fsp3) is 1.00. The van der Waals surface area contributed by atoms with Gasteiger partial charge in [-0.05, 0) is 37.6 Å². The van der Waals surface area contributed by atoms with E-state index in [-0.39, 0.29) is 0 Å². The highest BCUT2D eigenvalue weighted by atomic mass is 15.0. The molecule has 0 saturated heterocycles. The summed E-state index contributed by atoms with van der Waals surface area (Å²) in [5.41, 5.74) is 0.648. The summed E-state index contributed by atoms with van der Waals surface area (Å²) in [7, 11) is 0. The Morgan fingerprint density at radius 1 is 1.40 bits per heavy atom. The standard InChI is InChI=1S/C9H17N/c1-7(2)6-10-9-3-8(4-9)5-9/h7-8,10H,3-6H2,1-2H3. The molecule has 10 heavy (non-hydrogen) atoms. The molecule has 0 amide bonds. The van der Waals surface area contributed by atoms with Gasteiger partial charge in [0, 0.05) is 5.54 Å². The predicted molar refractivity (Wildman–Crippen MR) is 42.9 cm³/mol. The van der Waals surface area contributed by atoms with Gasteiger partial charge in [0.15, 0.2) is 0 Å². The molecule has 0 aliphatic heterocycles. The van der Waals surface area contributed by atoms with Gasteiger partial charge in [-0.1, -0.05) is 13.8 Å². The SMILES string of the molecule is CC(C)CNC12CC(C1)C2. The van der Waals surface area contributed by atoms with Crippen LogP contribution < -0.4 is 5.32 Å². The molecule has 1 N–H and O–H groups in total.